The van der Waals surface area contributed by atoms with Gasteiger partial charge in [-0.25, -0.2) is 8.42 Å². The predicted octanol–water partition coefficient (Wildman–Crippen LogP) is 0.591. The van der Waals surface area contributed by atoms with Crippen molar-refractivity contribution in [3.63, 3.8) is 0 Å². The maximum absolute atomic E-state index is 12.6. The van der Waals surface area contributed by atoms with Gasteiger partial charge in [0.1, 0.15) is 15.4 Å². The number of rotatable bonds is 3. The van der Waals surface area contributed by atoms with E-state index in [4.69, 9.17) is 0 Å². The molecule has 22 heavy (non-hydrogen) atoms. The second-order valence-corrected chi connectivity index (χ2v) is 8.29. The van der Waals surface area contributed by atoms with Crippen LogP contribution >= 0.6 is 0 Å². The summed E-state index contributed by atoms with van der Waals surface area (Å²) in [5, 5.41) is 0. The van der Waals surface area contributed by atoms with Crippen LogP contribution in [0.25, 0.3) is 0 Å². The number of likely N-dealkylation sites (tertiary alicyclic amines) is 1. The van der Waals surface area contributed by atoms with Gasteiger partial charge in [0.25, 0.3) is 11.5 Å². The number of piperidine rings is 1. The van der Waals surface area contributed by atoms with Gasteiger partial charge in [0.2, 0.25) is 0 Å². The highest BCUT2D eigenvalue weighted by molar-refractivity contribution is 7.90. The molecule has 2 rings (SSSR count). The van der Waals surface area contributed by atoms with Gasteiger partial charge < -0.3 is 9.47 Å². The predicted molar refractivity (Wildman–Crippen MR) is 84.8 cm³/mol. The van der Waals surface area contributed by atoms with E-state index in [0.717, 1.165) is 18.5 Å². The number of nitrogens with zero attached hydrogens (tertiary/aromatic N) is 2. The first-order chi connectivity index (χ1) is 10.2. The van der Waals surface area contributed by atoms with Crippen molar-refractivity contribution in [2.24, 2.45) is 13.0 Å². The third kappa shape index (κ3) is 3.76. The molecule has 1 aliphatic rings. The van der Waals surface area contributed by atoms with Crippen molar-refractivity contribution < 1.29 is 13.2 Å². The van der Waals surface area contributed by atoms with Gasteiger partial charge in [-0.3, -0.25) is 9.59 Å². The van der Waals surface area contributed by atoms with Crippen LogP contribution in [0.3, 0.4) is 0 Å². The molecular formula is C15H22N2O4S. The SMILES string of the molecule is Cc1ccc(C(=O)N2CCC[C@@H](CS(C)(=O)=O)C2)c(=O)n1C. The molecule has 1 aromatic rings. The van der Waals surface area contributed by atoms with E-state index >= 15 is 0 Å². The van der Waals surface area contributed by atoms with Crippen LogP contribution in [-0.2, 0) is 16.9 Å². The summed E-state index contributed by atoms with van der Waals surface area (Å²) in [5.41, 5.74) is 0.624. The lowest BCUT2D eigenvalue weighted by atomic mass is 9.99. The van der Waals surface area contributed by atoms with Crippen LogP contribution < -0.4 is 5.56 Å². The van der Waals surface area contributed by atoms with Crippen molar-refractivity contribution in [3.05, 3.63) is 33.7 Å². The Kier molecular flexibility index (Phi) is 4.75. The molecule has 6 nitrogen and oxygen atoms in total. The van der Waals surface area contributed by atoms with Crippen molar-refractivity contribution in [2.75, 3.05) is 25.1 Å². The number of aromatic nitrogens is 1. The second kappa shape index (κ2) is 6.24. The summed E-state index contributed by atoms with van der Waals surface area (Å²) in [5.74, 6) is -0.274. The van der Waals surface area contributed by atoms with Crippen LogP contribution in [0, 0.1) is 12.8 Å². The fraction of sp³-hybridized carbons (Fsp3) is 0.600. The number of sulfone groups is 1. The largest absolute Gasteiger partial charge is 0.338 e. The van der Waals surface area contributed by atoms with Crippen LogP contribution in [0.4, 0.5) is 0 Å². The Morgan fingerprint density at radius 1 is 1.36 bits per heavy atom. The first kappa shape index (κ1) is 16.7. The van der Waals surface area contributed by atoms with Crippen molar-refractivity contribution in [3.8, 4) is 0 Å². The van der Waals surface area contributed by atoms with E-state index in [0.29, 0.717) is 13.1 Å². The van der Waals surface area contributed by atoms with Gasteiger partial charge >= 0.3 is 0 Å². The van der Waals surface area contributed by atoms with Gasteiger partial charge in [-0.05, 0) is 37.8 Å². The molecule has 0 unspecified atom stereocenters. The Hall–Kier alpha value is -1.63. The molecule has 0 N–H and O–H groups in total. The van der Waals surface area contributed by atoms with Crippen LogP contribution in [-0.4, -0.2) is 48.9 Å². The molecule has 0 saturated carbocycles. The molecule has 1 amide bonds. The van der Waals surface area contributed by atoms with Crippen LogP contribution in [0.2, 0.25) is 0 Å². The third-order valence-electron chi connectivity index (χ3n) is 4.13. The molecule has 2 heterocycles. The molecule has 0 radical (unpaired) electrons. The highest BCUT2D eigenvalue weighted by Crippen LogP contribution is 2.19. The number of amides is 1. The Labute approximate surface area is 130 Å². The molecule has 0 aromatic carbocycles. The second-order valence-electron chi connectivity index (χ2n) is 6.10. The lowest BCUT2D eigenvalue weighted by Gasteiger charge is -2.32. The summed E-state index contributed by atoms with van der Waals surface area (Å²) < 4.78 is 24.3. The van der Waals surface area contributed by atoms with E-state index in [-0.39, 0.29) is 28.7 Å². The third-order valence-corrected chi connectivity index (χ3v) is 5.21. The number of pyridine rings is 1. The molecule has 1 saturated heterocycles. The fourth-order valence-corrected chi connectivity index (χ4v) is 4.00. The van der Waals surface area contributed by atoms with Crippen molar-refractivity contribution in [2.45, 2.75) is 19.8 Å². The summed E-state index contributed by atoms with van der Waals surface area (Å²) >= 11 is 0. The zero-order chi connectivity index (χ0) is 16.5. The average molecular weight is 326 g/mol. The minimum Gasteiger partial charge on any atom is -0.338 e. The smallest absolute Gasteiger partial charge is 0.263 e. The van der Waals surface area contributed by atoms with E-state index in [9.17, 15) is 18.0 Å². The average Bonchev–Trinajstić information content (AvgIpc) is 2.43. The lowest BCUT2D eigenvalue weighted by Crippen LogP contribution is -2.44. The zero-order valence-corrected chi connectivity index (χ0v) is 14.0. The first-order valence-electron chi connectivity index (χ1n) is 7.32. The molecule has 7 heteroatoms. The van der Waals surface area contributed by atoms with Gasteiger partial charge in [0.15, 0.2) is 0 Å². The Balaban J connectivity index is 2.19. The number of aryl methyl sites for hydroxylation is 1. The Morgan fingerprint density at radius 2 is 2.05 bits per heavy atom. The van der Waals surface area contributed by atoms with Gasteiger partial charge in [0, 0.05) is 32.1 Å². The highest BCUT2D eigenvalue weighted by Gasteiger charge is 2.28. The summed E-state index contributed by atoms with van der Waals surface area (Å²) in [6.07, 6.45) is 2.77. The van der Waals surface area contributed by atoms with Crippen LogP contribution in [0.5, 0.6) is 0 Å². The molecule has 1 aliphatic heterocycles. The fourth-order valence-electron chi connectivity index (χ4n) is 2.87. The monoisotopic (exact) mass is 326 g/mol. The highest BCUT2D eigenvalue weighted by atomic mass is 32.2. The standard InChI is InChI=1S/C15H22N2O4S/c1-11-6-7-13(14(18)16(11)2)15(19)17-8-4-5-12(9-17)10-22(3,20)21/h6-7,12H,4-5,8-10H2,1-3H3/t12-/m1/s1. The summed E-state index contributed by atoms with van der Waals surface area (Å²) in [6, 6.07) is 3.30. The maximum Gasteiger partial charge on any atom is 0.263 e. The van der Waals surface area contributed by atoms with E-state index in [2.05, 4.69) is 0 Å². The van der Waals surface area contributed by atoms with Crippen molar-refractivity contribution >= 4 is 15.7 Å². The number of hydrogen-bond acceptors (Lipinski definition) is 4. The van der Waals surface area contributed by atoms with E-state index in [1.54, 1.807) is 31.0 Å². The molecule has 122 valence electrons. The Bertz CT molecular complexity index is 736. The van der Waals surface area contributed by atoms with Crippen molar-refractivity contribution in [1.82, 2.24) is 9.47 Å². The van der Waals surface area contributed by atoms with E-state index < -0.39 is 9.84 Å². The molecule has 0 aliphatic carbocycles. The molecule has 0 bridgehead atoms. The molecular weight excluding hydrogens is 304 g/mol. The topological polar surface area (TPSA) is 76.5 Å². The molecule has 1 fully saturated rings. The normalized spacial score (nSPS) is 19.2. The van der Waals surface area contributed by atoms with Crippen molar-refractivity contribution in [1.29, 1.82) is 0 Å². The molecule has 1 atom stereocenters. The first-order valence-corrected chi connectivity index (χ1v) is 9.38. The number of carbonyl (C=O) groups is 1. The minimum absolute atomic E-state index is 0.0537. The van der Waals surface area contributed by atoms with E-state index in [1.807, 2.05) is 0 Å². The summed E-state index contributed by atoms with van der Waals surface area (Å²) in [7, 11) is -1.43. The van der Waals surface area contributed by atoms with Gasteiger partial charge in [0.05, 0.1) is 5.75 Å². The number of carbonyl (C=O) groups excluding carboxylic acids is 1. The quantitative estimate of drug-likeness (QED) is 0.815. The van der Waals surface area contributed by atoms with E-state index in [1.165, 1.54) is 10.8 Å². The van der Waals surface area contributed by atoms with Crippen LogP contribution in [0.1, 0.15) is 28.9 Å². The maximum atomic E-state index is 12.6. The number of hydrogen-bond donors (Lipinski definition) is 0. The molecule has 0 spiro atoms. The van der Waals surface area contributed by atoms with Gasteiger partial charge in [-0.2, -0.15) is 0 Å². The minimum atomic E-state index is -3.06. The summed E-state index contributed by atoms with van der Waals surface area (Å²) in [4.78, 5) is 26.4. The van der Waals surface area contributed by atoms with Gasteiger partial charge in [-0.15, -0.1) is 0 Å². The summed E-state index contributed by atoms with van der Waals surface area (Å²) in [6.45, 7) is 2.76. The zero-order valence-electron chi connectivity index (χ0n) is 13.2. The van der Waals surface area contributed by atoms with Crippen LogP contribution in [0.15, 0.2) is 16.9 Å². The lowest BCUT2D eigenvalue weighted by molar-refractivity contribution is 0.0682. The van der Waals surface area contributed by atoms with Gasteiger partial charge in [-0.1, -0.05) is 0 Å². The molecule has 1 aromatic heterocycles. The Morgan fingerprint density at radius 3 is 2.68 bits per heavy atom.